The summed E-state index contributed by atoms with van der Waals surface area (Å²) in [5.41, 5.74) is 7.38. The van der Waals surface area contributed by atoms with Crippen LogP contribution in [0.1, 0.15) is 33.8 Å². The van der Waals surface area contributed by atoms with E-state index in [1.54, 1.807) is 53.4 Å². The Balaban J connectivity index is 1.65. The third-order valence-electron chi connectivity index (χ3n) is 5.08. The Morgan fingerprint density at radius 3 is 2.84 bits per heavy atom. The highest BCUT2D eigenvalue weighted by atomic mass is 35.5. The number of rotatable bonds is 5. The van der Waals surface area contributed by atoms with Gasteiger partial charge >= 0.3 is 0 Å². The molecule has 31 heavy (non-hydrogen) atoms. The van der Waals surface area contributed by atoms with Gasteiger partial charge in [0.05, 0.1) is 0 Å². The van der Waals surface area contributed by atoms with Gasteiger partial charge in [-0.25, -0.2) is 4.98 Å². The Hall–Kier alpha value is -3.89. The molecule has 1 aliphatic rings. The fourth-order valence-electron chi connectivity index (χ4n) is 3.59. The maximum atomic E-state index is 12.8. The Bertz CT molecular complexity index is 1220. The van der Waals surface area contributed by atoms with Gasteiger partial charge in [-0.05, 0) is 42.5 Å². The molecule has 7 nitrogen and oxygen atoms in total. The lowest BCUT2D eigenvalue weighted by molar-refractivity contribution is -0.117. The van der Waals surface area contributed by atoms with Gasteiger partial charge in [0.1, 0.15) is 17.4 Å². The van der Waals surface area contributed by atoms with E-state index >= 15 is 0 Å². The number of carbonyl (C=O) groups excluding carboxylic acids is 2. The minimum absolute atomic E-state index is 0.0805. The summed E-state index contributed by atoms with van der Waals surface area (Å²) in [5.74, 6) is -0.200. The van der Waals surface area contributed by atoms with Crippen molar-refractivity contribution in [2.45, 2.75) is 12.3 Å². The van der Waals surface area contributed by atoms with E-state index in [2.05, 4.69) is 4.98 Å². The summed E-state index contributed by atoms with van der Waals surface area (Å²) >= 11 is 6.18. The third-order valence-corrected chi connectivity index (χ3v) is 5.32. The molecule has 3 aromatic rings. The van der Waals surface area contributed by atoms with Gasteiger partial charge in [-0.2, -0.15) is 5.26 Å². The van der Waals surface area contributed by atoms with Crippen LogP contribution in [0.4, 0.5) is 5.69 Å². The van der Waals surface area contributed by atoms with Crippen LogP contribution in [0.2, 0.25) is 5.02 Å². The number of ether oxygens (including phenoxy) is 1. The molecule has 0 spiro atoms. The number of benzene rings is 2. The Labute approximate surface area is 183 Å². The predicted molar refractivity (Wildman–Crippen MR) is 115 cm³/mol. The van der Waals surface area contributed by atoms with Crippen molar-refractivity contribution in [3.05, 3.63) is 82.5 Å². The van der Waals surface area contributed by atoms with Crippen molar-refractivity contribution in [2.24, 2.45) is 5.73 Å². The van der Waals surface area contributed by atoms with E-state index in [1.807, 2.05) is 12.1 Å². The first-order valence-corrected chi connectivity index (χ1v) is 9.86. The topological polar surface area (TPSA) is 109 Å². The average molecular weight is 433 g/mol. The smallest absolute Gasteiger partial charge is 0.248 e. The van der Waals surface area contributed by atoms with Crippen LogP contribution in [0.5, 0.6) is 11.6 Å². The first-order valence-electron chi connectivity index (χ1n) is 9.49. The van der Waals surface area contributed by atoms with Gasteiger partial charge < -0.3 is 15.4 Å². The summed E-state index contributed by atoms with van der Waals surface area (Å²) in [5, 5.41) is 9.77. The Kier molecular flexibility index (Phi) is 5.56. The number of nitriles is 1. The van der Waals surface area contributed by atoms with E-state index in [-0.39, 0.29) is 24.1 Å². The summed E-state index contributed by atoms with van der Waals surface area (Å²) in [7, 11) is 0. The highest BCUT2D eigenvalue weighted by Gasteiger charge is 2.33. The number of nitrogens with zero attached hydrogens (tertiary/aromatic N) is 3. The van der Waals surface area contributed by atoms with Crippen molar-refractivity contribution < 1.29 is 14.3 Å². The summed E-state index contributed by atoms with van der Waals surface area (Å²) in [6, 6.07) is 17.2. The molecule has 0 saturated carbocycles. The lowest BCUT2D eigenvalue weighted by atomic mass is 9.97. The SMILES string of the molecule is N#Cc1cccnc1Oc1cc(Cl)ccc1C1CC(=O)N(c2cccc(C(N)=O)c2)C1. The number of amides is 2. The fraction of sp³-hybridized carbons (Fsp3) is 0.130. The molecule has 4 rings (SSSR count). The third kappa shape index (κ3) is 4.20. The molecule has 1 aromatic heterocycles. The number of pyridine rings is 1. The van der Waals surface area contributed by atoms with Gasteiger partial charge in [0.25, 0.3) is 0 Å². The number of primary amides is 1. The number of nitrogens with two attached hydrogens (primary N) is 1. The standard InChI is InChI=1S/C23H17ClN4O3/c24-17-6-7-19(20(11-17)31-23-15(12-25)4-2-8-27-23)16-10-21(29)28(13-16)18-5-1-3-14(9-18)22(26)30/h1-9,11,16H,10,13H2,(H2,26,30). The predicted octanol–water partition coefficient (Wildman–Crippen LogP) is 4.02. The first-order chi connectivity index (χ1) is 15.0. The van der Waals surface area contributed by atoms with E-state index in [0.29, 0.717) is 34.1 Å². The molecule has 2 heterocycles. The van der Waals surface area contributed by atoms with Gasteiger partial charge in [-0.1, -0.05) is 23.7 Å². The number of halogens is 1. The normalized spacial score (nSPS) is 15.5. The zero-order valence-electron chi connectivity index (χ0n) is 16.3. The number of anilines is 1. The number of hydrogen-bond acceptors (Lipinski definition) is 5. The summed E-state index contributed by atoms with van der Waals surface area (Å²) < 4.78 is 5.94. The van der Waals surface area contributed by atoms with Crippen LogP contribution in [0.25, 0.3) is 0 Å². The van der Waals surface area contributed by atoms with Gasteiger partial charge in [0.2, 0.25) is 17.7 Å². The quantitative estimate of drug-likeness (QED) is 0.654. The van der Waals surface area contributed by atoms with Crippen LogP contribution >= 0.6 is 11.6 Å². The van der Waals surface area contributed by atoms with E-state index in [4.69, 9.17) is 22.1 Å². The molecule has 1 atom stereocenters. The molecule has 154 valence electrons. The van der Waals surface area contributed by atoms with Gasteiger partial charge in [0.15, 0.2) is 0 Å². The van der Waals surface area contributed by atoms with Crippen LogP contribution in [0.3, 0.4) is 0 Å². The second kappa shape index (κ2) is 8.46. The summed E-state index contributed by atoms with van der Waals surface area (Å²) in [6.45, 7) is 0.395. The maximum Gasteiger partial charge on any atom is 0.248 e. The van der Waals surface area contributed by atoms with Crippen LogP contribution < -0.4 is 15.4 Å². The molecule has 2 N–H and O–H groups in total. The van der Waals surface area contributed by atoms with Crippen LogP contribution in [-0.4, -0.2) is 23.3 Å². The van der Waals surface area contributed by atoms with Crippen LogP contribution in [-0.2, 0) is 4.79 Å². The lowest BCUT2D eigenvalue weighted by Gasteiger charge is -2.19. The number of aromatic nitrogens is 1. The molecule has 2 amide bonds. The largest absolute Gasteiger partial charge is 0.437 e. The Morgan fingerprint density at radius 2 is 2.06 bits per heavy atom. The second-order valence-electron chi connectivity index (χ2n) is 7.07. The molecule has 1 aliphatic heterocycles. The van der Waals surface area contributed by atoms with Crippen molar-refractivity contribution in [1.29, 1.82) is 5.26 Å². The molecule has 2 aromatic carbocycles. The zero-order chi connectivity index (χ0) is 22.0. The van der Waals surface area contributed by atoms with E-state index < -0.39 is 5.91 Å². The minimum Gasteiger partial charge on any atom is -0.437 e. The van der Waals surface area contributed by atoms with Crippen molar-refractivity contribution in [3.8, 4) is 17.7 Å². The summed E-state index contributed by atoms with van der Waals surface area (Å²) in [4.78, 5) is 30.0. The lowest BCUT2D eigenvalue weighted by Crippen LogP contribution is -2.24. The minimum atomic E-state index is -0.554. The molecule has 0 radical (unpaired) electrons. The molecule has 0 bridgehead atoms. The van der Waals surface area contributed by atoms with Gasteiger partial charge in [-0.15, -0.1) is 0 Å². The highest BCUT2D eigenvalue weighted by Crippen LogP contribution is 2.39. The number of carbonyl (C=O) groups is 2. The van der Waals surface area contributed by atoms with Crippen molar-refractivity contribution in [2.75, 3.05) is 11.4 Å². The van der Waals surface area contributed by atoms with E-state index in [1.165, 1.54) is 6.20 Å². The average Bonchev–Trinajstić information content (AvgIpc) is 3.15. The van der Waals surface area contributed by atoms with Gasteiger partial charge in [-0.3, -0.25) is 9.59 Å². The molecule has 1 unspecified atom stereocenters. The highest BCUT2D eigenvalue weighted by molar-refractivity contribution is 6.30. The van der Waals surface area contributed by atoms with Crippen LogP contribution in [0.15, 0.2) is 60.8 Å². The first kappa shape index (κ1) is 20.4. The fourth-order valence-corrected chi connectivity index (χ4v) is 3.75. The molecule has 8 heteroatoms. The second-order valence-corrected chi connectivity index (χ2v) is 7.51. The zero-order valence-corrected chi connectivity index (χ0v) is 17.0. The molecule has 1 saturated heterocycles. The van der Waals surface area contributed by atoms with Crippen molar-refractivity contribution >= 4 is 29.1 Å². The molecule has 0 aliphatic carbocycles. The molecule has 1 fully saturated rings. The van der Waals surface area contributed by atoms with Crippen molar-refractivity contribution in [3.63, 3.8) is 0 Å². The van der Waals surface area contributed by atoms with Crippen LogP contribution in [0, 0.1) is 11.3 Å². The number of hydrogen-bond donors (Lipinski definition) is 1. The maximum absolute atomic E-state index is 12.8. The molecular formula is C23H17ClN4O3. The van der Waals surface area contributed by atoms with E-state index in [9.17, 15) is 14.9 Å². The Morgan fingerprint density at radius 1 is 1.23 bits per heavy atom. The van der Waals surface area contributed by atoms with E-state index in [0.717, 1.165) is 5.56 Å². The molecular weight excluding hydrogens is 416 g/mol. The summed E-state index contributed by atoms with van der Waals surface area (Å²) in [6.07, 6.45) is 1.79. The van der Waals surface area contributed by atoms with Crippen molar-refractivity contribution in [1.82, 2.24) is 4.98 Å². The van der Waals surface area contributed by atoms with Gasteiger partial charge in [0, 0.05) is 46.9 Å². The monoisotopic (exact) mass is 432 g/mol.